The van der Waals surface area contributed by atoms with Crippen molar-refractivity contribution in [2.75, 3.05) is 0 Å². The van der Waals surface area contributed by atoms with E-state index in [1.54, 1.807) is 13.0 Å². The fourth-order valence-electron chi connectivity index (χ4n) is 4.19. The van der Waals surface area contributed by atoms with Crippen LogP contribution in [0.15, 0.2) is 96.2 Å². The van der Waals surface area contributed by atoms with Gasteiger partial charge in [0.25, 0.3) is 0 Å². The van der Waals surface area contributed by atoms with Crippen molar-refractivity contribution < 1.29 is 27.9 Å². The second-order valence-corrected chi connectivity index (χ2v) is 11.3. The Morgan fingerprint density at radius 3 is 2.21 bits per heavy atom. The summed E-state index contributed by atoms with van der Waals surface area (Å²) >= 11 is 0. The van der Waals surface area contributed by atoms with E-state index >= 15 is 0 Å². The molecule has 3 aromatic carbocycles. The number of ketones is 1. The van der Waals surface area contributed by atoms with E-state index in [2.05, 4.69) is 14.8 Å². The summed E-state index contributed by atoms with van der Waals surface area (Å²) in [6.07, 6.45) is 1.66. The van der Waals surface area contributed by atoms with Gasteiger partial charge in [0, 0.05) is 6.42 Å². The van der Waals surface area contributed by atoms with Crippen LogP contribution >= 0.6 is 0 Å². The molecule has 218 valence electrons. The number of nitrogens with one attached hydrogen (secondary N) is 2. The van der Waals surface area contributed by atoms with Crippen LogP contribution in [-0.2, 0) is 39.2 Å². The highest BCUT2D eigenvalue weighted by Crippen LogP contribution is 2.19. The van der Waals surface area contributed by atoms with Gasteiger partial charge >= 0.3 is 5.97 Å². The molecule has 1 heterocycles. The fraction of sp³-hybridized carbons (Fsp3) is 0.233. The van der Waals surface area contributed by atoms with Crippen LogP contribution in [0.2, 0.25) is 0 Å². The first-order valence-corrected chi connectivity index (χ1v) is 14.7. The number of benzene rings is 3. The lowest BCUT2D eigenvalue weighted by atomic mass is 9.93. The SMILES string of the molecule is CCC(C(=N)C(=O)Cc1ccc(COc2ccccc2)cc1)c1ncn(CC(NS(=O)(=O)c2ccccc2)C(=O)O)n1. The predicted octanol–water partition coefficient (Wildman–Crippen LogP) is 3.61. The highest BCUT2D eigenvalue weighted by atomic mass is 32.2. The fourth-order valence-corrected chi connectivity index (χ4v) is 5.39. The average Bonchev–Trinajstić information content (AvgIpc) is 3.45. The molecule has 0 aliphatic heterocycles. The molecule has 0 bridgehead atoms. The minimum atomic E-state index is -4.09. The highest BCUT2D eigenvalue weighted by Gasteiger charge is 2.28. The van der Waals surface area contributed by atoms with E-state index in [-0.39, 0.29) is 35.2 Å². The normalized spacial score (nSPS) is 12.8. The molecule has 3 N–H and O–H groups in total. The Hall–Kier alpha value is -4.68. The molecule has 0 amide bonds. The number of hydrogen-bond acceptors (Lipinski definition) is 8. The van der Waals surface area contributed by atoms with Gasteiger partial charge in [-0.3, -0.25) is 14.3 Å². The van der Waals surface area contributed by atoms with Crippen LogP contribution < -0.4 is 9.46 Å². The molecular weight excluding hydrogens is 558 g/mol. The Labute approximate surface area is 243 Å². The summed E-state index contributed by atoms with van der Waals surface area (Å²) in [7, 11) is -4.09. The van der Waals surface area contributed by atoms with Crippen molar-refractivity contribution >= 4 is 27.5 Å². The average molecular weight is 590 g/mol. The first kappa shape index (κ1) is 30.3. The molecule has 1 aromatic heterocycles. The number of sulfonamides is 1. The second kappa shape index (κ2) is 13.8. The molecule has 0 fully saturated rings. The number of ether oxygens (including phenoxy) is 1. The molecule has 0 saturated heterocycles. The number of rotatable bonds is 15. The smallest absolute Gasteiger partial charge is 0.323 e. The molecule has 4 aromatic rings. The Kier molecular flexibility index (Phi) is 9.94. The zero-order valence-electron chi connectivity index (χ0n) is 22.9. The zero-order chi connectivity index (χ0) is 30.1. The van der Waals surface area contributed by atoms with Crippen LogP contribution in [0.4, 0.5) is 0 Å². The quantitative estimate of drug-likeness (QED) is 0.177. The van der Waals surface area contributed by atoms with Crippen LogP contribution in [-0.4, -0.2) is 51.8 Å². The van der Waals surface area contributed by atoms with Gasteiger partial charge in [-0.15, -0.1) is 0 Å². The molecule has 12 heteroatoms. The summed E-state index contributed by atoms with van der Waals surface area (Å²) in [6, 6.07) is 22.8. The van der Waals surface area contributed by atoms with E-state index in [0.717, 1.165) is 16.9 Å². The van der Waals surface area contributed by atoms with Gasteiger partial charge in [0.15, 0.2) is 11.6 Å². The van der Waals surface area contributed by atoms with E-state index in [4.69, 9.17) is 10.1 Å². The second-order valence-electron chi connectivity index (χ2n) is 9.54. The Balaban J connectivity index is 1.36. The molecule has 2 atom stereocenters. The summed E-state index contributed by atoms with van der Waals surface area (Å²) in [5.74, 6) is -1.54. The molecule has 0 spiro atoms. The number of carboxylic acids is 1. The highest BCUT2D eigenvalue weighted by molar-refractivity contribution is 7.89. The van der Waals surface area contributed by atoms with Gasteiger partial charge in [-0.05, 0) is 41.8 Å². The number of aliphatic carboxylic acids is 1. The largest absolute Gasteiger partial charge is 0.489 e. The van der Waals surface area contributed by atoms with Gasteiger partial charge < -0.3 is 15.3 Å². The number of carbonyl (C=O) groups is 2. The van der Waals surface area contributed by atoms with Gasteiger partial charge in [-0.1, -0.05) is 67.6 Å². The number of nitrogens with zero attached hydrogens (tertiary/aromatic N) is 3. The van der Waals surface area contributed by atoms with E-state index in [9.17, 15) is 23.1 Å². The van der Waals surface area contributed by atoms with Gasteiger partial charge in [0.05, 0.1) is 23.1 Å². The van der Waals surface area contributed by atoms with Crippen LogP contribution in [0.5, 0.6) is 5.75 Å². The number of hydrogen-bond donors (Lipinski definition) is 3. The van der Waals surface area contributed by atoms with E-state index in [1.807, 2.05) is 54.6 Å². The molecular formula is C30H31N5O6S. The molecule has 0 saturated carbocycles. The first-order valence-electron chi connectivity index (χ1n) is 13.2. The third kappa shape index (κ3) is 7.95. The van der Waals surface area contributed by atoms with Gasteiger partial charge in [0.1, 0.15) is 24.7 Å². The maximum absolute atomic E-state index is 13.0. The third-order valence-corrected chi connectivity index (χ3v) is 7.97. The summed E-state index contributed by atoms with van der Waals surface area (Å²) < 4.78 is 34.4. The Morgan fingerprint density at radius 2 is 1.60 bits per heavy atom. The van der Waals surface area contributed by atoms with Gasteiger partial charge in [-0.25, -0.2) is 13.4 Å². The minimum Gasteiger partial charge on any atom is -0.489 e. The molecule has 42 heavy (non-hydrogen) atoms. The van der Waals surface area contributed by atoms with Crippen LogP contribution in [0, 0.1) is 5.41 Å². The predicted molar refractivity (Wildman–Crippen MR) is 155 cm³/mol. The maximum Gasteiger partial charge on any atom is 0.323 e. The number of aromatic nitrogens is 3. The van der Waals surface area contributed by atoms with E-state index in [0.29, 0.717) is 13.0 Å². The molecule has 0 aliphatic carbocycles. The third-order valence-electron chi connectivity index (χ3n) is 6.48. The Bertz CT molecular complexity index is 1620. The number of carboxylic acid groups (broad SMARTS) is 1. The molecule has 0 aliphatic rings. The summed E-state index contributed by atoms with van der Waals surface area (Å²) in [5.41, 5.74) is 1.53. The summed E-state index contributed by atoms with van der Waals surface area (Å²) in [6.45, 7) is 1.84. The van der Waals surface area contributed by atoms with E-state index in [1.165, 1.54) is 35.3 Å². The van der Waals surface area contributed by atoms with Crippen LogP contribution in [0.1, 0.15) is 36.2 Å². The van der Waals surface area contributed by atoms with Crippen LogP contribution in [0.3, 0.4) is 0 Å². The van der Waals surface area contributed by atoms with Gasteiger partial charge in [-0.2, -0.15) is 9.82 Å². The van der Waals surface area contributed by atoms with Crippen molar-refractivity contribution in [1.29, 1.82) is 5.41 Å². The lowest BCUT2D eigenvalue weighted by Crippen LogP contribution is -2.43. The van der Waals surface area contributed by atoms with Crippen molar-refractivity contribution in [2.24, 2.45) is 0 Å². The molecule has 11 nitrogen and oxygen atoms in total. The maximum atomic E-state index is 13.0. The first-order chi connectivity index (χ1) is 20.2. The van der Waals surface area contributed by atoms with Crippen molar-refractivity contribution in [3.8, 4) is 5.75 Å². The van der Waals surface area contributed by atoms with Gasteiger partial charge in [0.2, 0.25) is 10.0 Å². The summed E-state index contributed by atoms with van der Waals surface area (Å²) in [5, 5.41) is 22.4. The van der Waals surface area contributed by atoms with Crippen molar-refractivity contribution in [2.45, 2.75) is 49.8 Å². The lowest BCUT2D eigenvalue weighted by molar-refractivity contribution is -0.139. The minimum absolute atomic E-state index is 0.0260. The number of Topliss-reactive ketones (excluding diaryl/α,β-unsaturated/α-hetero) is 1. The van der Waals surface area contributed by atoms with Crippen molar-refractivity contribution in [1.82, 2.24) is 19.5 Å². The monoisotopic (exact) mass is 589 g/mol. The Morgan fingerprint density at radius 1 is 0.976 bits per heavy atom. The van der Waals surface area contributed by atoms with Crippen molar-refractivity contribution in [3.05, 3.63) is 108 Å². The van der Waals surface area contributed by atoms with Crippen LogP contribution in [0.25, 0.3) is 0 Å². The van der Waals surface area contributed by atoms with Crippen molar-refractivity contribution in [3.63, 3.8) is 0 Å². The van der Waals surface area contributed by atoms with E-state index < -0.39 is 28.0 Å². The number of carbonyl (C=O) groups excluding carboxylic acids is 1. The standard InChI is InChI=1S/C30H31N5O6S/c1-2-25(28(31)27(36)17-21-13-15-22(16-14-21)19-41-23-9-5-3-6-10-23)29-32-20-35(33-29)18-26(30(37)38)34-42(39,40)24-11-7-4-8-12-24/h3-16,20,25-26,31,34H,2,17-19H2,1H3,(H,37,38). The zero-order valence-corrected chi connectivity index (χ0v) is 23.7. The number of para-hydroxylation sites is 1. The summed E-state index contributed by atoms with van der Waals surface area (Å²) in [4.78, 5) is 28.9. The topological polar surface area (TPSA) is 164 Å². The molecule has 2 unspecified atom stereocenters. The molecule has 0 radical (unpaired) electrons. The molecule has 4 rings (SSSR count). The lowest BCUT2D eigenvalue weighted by Gasteiger charge is -2.15.